The number of aromatic nitrogens is 1. The summed E-state index contributed by atoms with van der Waals surface area (Å²) in [5, 5.41) is 0.642. The van der Waals surface area contributed by atoms with Crippen molar-refractivity contribution in [1.29, 1.82) is 0 Å². The zero-order valence-corrected chi connectivity index (χ0v) is 11.1. The zero-order valence-electron chi connectivity index (χ0n) is 9.55. The van der Waals surface area contributed by atoms with Crippen molar-refractivity contribution in [1.82, 2.24) is 4.98 Å². The molecule has 0 atom stereocenters. The summed E-state index contributed by atoms with van der Waals surface area (Å²) in [7, 11) is 0. The molecule has 0 aliphatic heterocycles. The first-order chi connectivity index (χ1) is 8.88. The van der Waals surface area contributed by atoms with Gasteiger partial charge in [-0.25, -0.2) is 0 Å². The number of alkyl halides is 3. The van der Waals surface area contributed by atoms with Gasteiger partial charge < -0.3 is 9.72 Å². The fourth-order valence-electron chi connectivity index (χ4n) is 1.70. The molecule has 0 amide bonds. The highest BCUT2D eigenvalue weighted by atomic mass is 79.9. The third kappa shape index (κ3) is 3.36. The number of ketones is 1. The van der Waals surface area contributed by atoms with Crippen LogP contribution in [0.4, 0.5) is 13.2 Å². The summed E-state index contributed by atoms with van der Waals surface area (Å²) in [4.78, 5) is 14.7. The molecule has 0 unspecified atom stereocenters. The Morgan fingerprint density at radius 2 is 2.11 bits per heavy atom. The predicted octanol–water partition coefficient (Wildman–Crippen LogP) is 3.69. The van der Waals surface area contributed by atoms with Crippen molar-refractivity contribution >= 4 is 32.6 Å². The number of benzene rings is 1. The molecule has 0 bridgehead atoms. The topological polar surface area (TPSA) is 42.1 Å². The van der Waals surface area contributed by atoms with Crippen molar-refractivity contribution in [2.45, 2.75) is 6.18 Å². The molecule has 0 saturated carbocycles. The molecule has 0 fully saturated rings. The number of ether oxygens (including phenoxy) is 1. The number of fused-ring (bicyclic) bond motifs is 1. The van der Waals surface area contributed by atoms with Crippen molar-refractivity contribution in [2.24, 2.45) is 0 Å². The van der Waals surface area contributed by atoms with Gasteiger partial charge in [-0.05, 0) is 12.1 Å². The summed E-state index contributed by atoms with van der Waals surface area (Å²) in [6.07, 6.45) is -2.96. The average Bonchev–Trinajstić information content (AvgIpc) is 2.72. The van der Waals surface area contributed by atoms with Crippen LogP contribution in [0, 0.1) is 0 Å². The number of hydrogen-bond acceptors (Lipinski definition) is 2. The molecule has 0 spiro atoms. The lowest BCUT2D eigenvalue weighted by atomic mass is 10.1. The minimum Gasteiger partial charge on any atom is -0.364 e. The summed E-state index contributed by atoms with van der Waals surface area (Å²) in [5.74, 6) is -0.498. The molecule has 0 aliphatic rings. The third-order valence-electron chi connectivity index (χ3n) is 2.45. The van der Waals surface area contributed by atoms with Crippen LogP contribution in [-0.4, -0.2) is 30.2 Å². The van der Waals surface area contributed by atoms with Crippen LogP contribution < -0.4 is 0 Å². The van der Waals surface area contributed by atoms with Crippen LogP contribution in [-0.2, 0) is 4.74 Å². The van der Waals surface area contributed by atoms with Crippen LogP contribution in [0.5, 0.6) is 0 Å². The van der Waals surface area contributed by atoms with Crippen molar-refractivity contribution in [3.05, 3.63) is 34.4 Å². The minimum absolute atomic E-state index is 0.310. The van der Waals surface area contributed by atoms with E-state index in [1.54, 1.807) is 18.2 Å². The van der Waals surface area contributed by atoms with E-state index in [1.807, 2.05) is 0 Å². The Morgan fingerprint density at radius 1 is 1.37 bits per heavy atom. The smallest absolute Gasteiger partial charge is 0.364 e. The second-order valence-corrected chi connectivity index (χ2v) is 4.75. The third-order valence-corrected chi connectivity index (χ3v) is 3.12. The van der Waals surface area contributed by atoms with Crippen LogP contribution in [0.25, 0.3) is 10.9 Å². The van der Waals surface area contributed by atoms with Crippen LogP contribution >= 0.6 is 15.9 Å². The summed E-state index contributed by atoms with van der Waals surface area (Å²) in [6, 6.07) is 5.31. The highest BCUT2D eigenvalue weighted by molar-refractivity contribution is 9.10. The number of Topliss-reactive ketones (excluding diaryl/α,β-unsaturated/α-hetero) is 1. The quantitative estimate of drug-likeness (QED) is 0.866. The van der Waals surface area contributed by atoms with E-state index in [-0.39, 0.29) is 0 Å². The average molecular weight is 336 g/mol. The van der Waals surface area contributed by atoms with Crippen molar-refractivity contribution in [3.8, 4) is 0 Å². The number of rotatable bonds is 4. The molecule has 0 saturated heterocycles. The summed E-state index contributed by atoms with van der Waals surface area (Å²) in [5.41, 5.74) is 1.04. The van der Waals surface area contributed by atoms with Gasteiger partial charge in [-0.15, -0.1) is 0 Å². The molecule has 2 rings (SSSR count). The second-order valence-electron chi connectivity index (χ2n) is 3.90. The fourth-order valence-corrected chi connectivity index (χ4v) is 2.28. The maximum absolute atomic E-state index is 11.9. The molecule has 0 radical (unpaired) electrons. The Bertz CT molecular complexity index is 607. The van der Waals surface area contributed by atoms with Crippen molar-refractivity contribution in [3.63, 3.8) is 0 Å². The number of nitrogens with one attached hydrogen (secondary N) is 1. The molecular formula is C12H9BrF3NO2. The van der Waals surface area contributed by atoms with E-state index in [4.69, 9.17) is 0 Å². The van der Waals surface area contributed by atoms with Crippen LogP contribution in [0.3, 0.4) is 0 Å². The highest BCUT2D eigenvalue weighted by Gasteiger charge is 2.28. The summed E-state index contributed by atoms with van der Waals surface area (Å²) < 4.78 is 40.8. The van der Waals surface area contributed by atoms with Crippen molar-refractivity contribution in [2.75, 3.05) is 13.2 Å². The van der Waals surface area contributed by atoms with Crippen molar-refractivity contribution < 1.29 is 22.7 Å². The van der Waals surface area contributed by atoms with Gasteiger partial charge >= 0.3 is 6.18 Å². The van der Waals surface area contributed by atoms with Gasteiger partial charge in [-0.2, -0.15) is 13.2 Å². The largest absolute Gasteiger partial charge is 0.411 e. The molecule has 1 heterocycles. The highest BCUT2D eigenvalue weighted by Crippen LogP contribution is 2.27. The Labute approximate surface area is 114 Å². The number of aromatic amines is 1. The van der Waals surface area contributed by atoms with Crippen LogP contribution in [0.1, 0.15) is 10.4 Å². The first-order valence-electron chi connectivity index (χ1n) is 5.32. The van der Waals surface area contributed by atoms with Gasteiger partial charge in [0.1, 0.15) is 13.2 Å². The number of carbonyl (C=O) groups is 1. The molecule has 19 heavy (non-hydrogen) atoms. The molecule has 1 aromatic heterocycles. The first-order valence-corrected chi connectivity index (χ1v) is 6.11. The van der Waals surface area contributed by atoms with E-state index in [9.17, 15) is 18.0 Å². The number of halogens is 4. The molecule has 7 heteroatoms. The lowest BCUT2D eigenvalue weighted by molar-refractivity contribution is -0.170. The predicted molar refractivity (Wildman–Crippen MR) is 67.2 cm³/mol. The first kappa shape index (κ1) is 14.1. The van der Waals surface area contributed by atoms with E-state index < -0.39 is 25.2 Å². The monoisotopic (exact) mass is 335 g/mol. The van der Waals surface area contributed by atoms with E-state index in [0.29, 0.717) is 15.4 Å². The van der Waals surface area contributed by atoms with Gasteiger partial charge in [0.05, 0.1) is 0 Å². The van der Waals surface area contributed by atoms with E-state index in [0.717, 1.165) is 5.52 Å². The number of carbonyl (C=O) groups excluding carboxylic acids is 1. The Hall–Kier alpha value is -1.34. The molecule has 2 aromatic rings. The SMILES string of the molecule is O=C(COCC(F)(F)F)c1c[nH]c2cccc(Br)c12. The lowest BCUT2D eigenvalue weighted by Gasteiger charge is -2.06. The van der Waals surface area contributed by atoms with Gasteiger partial charge in [0.2, 0.25) is 0 Å². The Morgan fingerprint density at radius 3 is 2.79 bits per heavy atom. The molecular weight excluding hydrogens is 327 g/mol. The zero-order chi connectivity index (χ0) is 14.0. The van der Waals surface area contributed by atoms with Gasteiger partial charge in [-0.3, -0.25) is 4.79 Å². The lowest BCUT2D eigenvalue weighted by Crippen LogP contribution is -2.20. The normalized spacial score (nSPS) is 12.0. The fraction of sp³-hybridized carbons (Fsp3) is 0.250. The van der Waals surface area contributed by atoms with E-state index in [2.05, 4.69) is 25.7 Å². The van der Waals surface area contributed by atoms with E-state index in [1.165, 1.54) is 6.20 Å². The van der Waals surface area contributed by atoms with Crippen LogP contribution in [0.15, 0.2) is 28.9 Å². The van der Waals surface area contributed by atoms with Gasteiger partial charge in [-0.1, -0.05) is 22.0 Å². The molecule has 3 nitrogen and oxygen atoms in total. The summed E-state index contributed by atoms with van der Waals surface area (Å²) >= 11 is 3.30. The standard InChI is InChI=1S/C12H9BrF3NO2/c13-8-2-1-3-9-11(8)7(4-17-9)10(18)5-19-6-12(14,15)16/h1-4,17H,5-6H2. The molecule has 1 aromatic carbocycles. The van der Waals surface area contributed by atoms with Gasteiger partial charge in [0, 0.05) is 27.1 Å². The number of hydrogen-bond donors (Lipinski definition) is 1. The Balaban J connectivity index is 2.14. The molecule has 102 valence electrons. The maximum Gasteiger partial charge on any atom is 0.411 e. The molecule has 0 aliphatic carbocycles. The summed E-state index contributed by atoms with van der Waals surface area (Å²) in [6.45, 7) is -2.03. The molecule has 1 N–H and O–H groups in total. The minimum atomic E-state index is -4.43. The van der Waals surface area contributed by atoms with E-state index >= 15 is 0 Å². The number of H-pyrrole nitrogens is 1. The Kier molecular flexibility index (Phi) is 3.96. The van der Waals surface area contributed by atoms with Gasteiger partial charge in [0.15, 0.2) is 5.78 Å². The van der Waals surface area contributed by atoms with Gasteiger partial charge in [0.25, 0.3) is 0 Å². The van der Waals surface area contributed by atoms with Crippen LogP contribution in [0.2, 0.25) is 0 Å². The second kappa shape index (κ2) is 5.34. The maximum atomic E-state index is 11.9.